The highest BCUT2D eigenvalue weighted by Gasteiger charge is 2.21. The topological polar surface area (TPSA) is 84.5 Å². The van der Waals surface area contributed by atoms with Gasteiger partial charge in [0.25, 0.3) is 5.91 Å². The van der Waals surface area contributed by atoms with E-state index in [1.54, 1.807) is 24.3 Å². The highest BCUT2D eigenvalue weighted by molar-refractivity contribution is 7.17. The predicted molar refractivity (Wildman–Crippen MR) is 92.2 cm³/mol. The molecule has 2 aromatic rings. The van der Waals surface area contributed by atoms with Gasteiger partial charge in [0.15, 0.2) is 6.10 Å². The smallest absolute Gasteiger partial charge is 0.349 e. The van der Waals surface area contributed by atoms with Gasteiger partial charge >= 0.3 is 12.0 Å². The van der Waals surface area contributed by atoms with E-state index in [2.05, 4.69) is 5.32 Å². The Morgan fingerprint density at radius 1 is 1.12 bits per heavy atom. The number of nitrogens with one attached hydrogen (secondary N) is 2. The molecule has 1 heterocycles. The van der Waals surface area contributed by atoms with E-state index in [4.69, 9.17) is 16.3 Å². The summed E-state index contributed by atoms with van der Waals surface area (Å²) in [6.07, 6.45) is -1.09. The van der Waals surface area contributed by atoms with Crippen molar-refractivity contribution >= 4 is 40.8 Å². The molecule has 0 unspecified atom stereocenters. The largest absolute Gasteiger partial charge is 0.448 e. The van der Waals surface area contributed by atoms with E-state index in [0.29, 0.717) is 9.90 Å². The molecule has 126 valence electrons. The number of ether oxygens (including phenoxy) is 1. The third kappa shape index (κ3) is 4.56. The Hall–Kier alpha value is -2.38. The number of carbonyl (C=O) groups is 3. The number of imide groups is 1. The molecule has 0 saturated heterocycles. The molecule has 1 aromatic carbocycles. The van der Waals surface area contributed by atoms with Gasteiger partial charge in [0.1, 0.15) is 4.88 Å². The number of urea groups is 1. The molecule has 1 aromatic heterocycles. The predicted octanol–water partition coefficient (Wildman–Crippen LogP) is 3.07. The zero-order chi connectivity index (χ0) is 17.7. The lowest BCUT2D eigenvalue weighted by Gasteiger charge is -2.11. The van der Waals surface area contributed by atoms with E-state index in [-0.39, 0.29) is 0 Å². The standard InChI is InChI=1S/C16H15ClN2O4S/c1-9(14(20)19-16(22)18-2)23-15(21)13-8-7-12(24-13)10-3-5-11(17)6-4-10/h3-9H,1-2H3,(H2,18,19,20,22)/t9-/m1/s1. The summed E-state index contributed by atoms with van der Waals surface area (Å²) in [4.78, 5) is 36.1. The van der Waals surface area contributed by atoms with E-state index in [1.165, 1.54) is 25.3 Å². The molecule has 0 fully saturated rings. The van der Waals surface area contributed by atoms with Gasteiger partial charge in [-0.3, -0.25) is 10.1 Å². The number of thiophene rings is 1. The Balaban J connectivity index is 2.02. The summed E-state index contributed by atoms with van der Waals surface area (Å²) in [5, 5.41) is 4.92. The third-order valence-corrected chi connectivity index (χ3v) is 4.42. The highest BCUT2D eigenvalue weighted by atomic mass is 35.5. The van der Waals surface area contributed by atoms with Crippen LogP contribution in [0.15, 0.2) is 36.4 Å². The second kappa shape index (κ2) is 7.94. The normalized spacial score (nSPS) is 11.5. The van der Waals surface area contributed by atoms with E-state index in [9.17, 15) is 14.4 Å². The van der Waals surface area contributed by atoms with Crippen molar-refractivity contribution in [2.24, 2.45) is 0 Å². The summed E-state index contributed by atoms with van der Waals surface area (Å²) in [5.41, 5.74) is 0.925. The van der Waals surface area contributed by atoms with Crippen LogP contribution in [0.2, 0.25) is 5.02 Å². The van der Waals surface area contributed by atoms with Gasteiger partial charge in [0, 0.05) is 16.9 Å². The first kappa shape index (κ1) is 18.0. The lowest BCUT2D eigenvalue weighted by Crippen LogP contribution is -2.43. The highest BCUT2D eigenvalue weighted by Crippen LogP contribution is 2.29. The maximum Gasteiger partial charge on any atom is 0.349 e. The van der Waals surface area contributed by atoms with Crippen molar-refractivity contribution in [3.05, 3.63) is 46.3 Å². The van der Waals surface area contributed by atoms with Crippen molar-refractivity contribution in [2.75, 3.05) is 7.05 Å². The maximum absolute atomic E-state index is 12.1. The van der Waals surface area contributed by atoms with Crippen LogP contribution in [-0.4, -0.2) is 31.1 Å². The second-order valence-electron chi connectivity index (χ2n) is 4.79. The van der Waals surface area contributed by atoms with Gasteiger partial charge in [-0.05, 0) is 36.8 Å². The second-order valence-corrected chi connectivity index (χ2v) is 6.31. The number of carbonyl (C=O) groups excluding carboxylic acids is 3. The van der Waals surface area contributed by atoms with Crippen molar-refractivity contribution in [2.45, 2.75) is 13.0 Å². The first-order valence-corrected chi connectivity index (χ1v) is 8.19. The molecule has 1 atom stereocenters. The van der Waals surface area contributed by atoms with Crippen molar-refractivity contribution in [3.8, 4) is 10.4 Å². The fourth-order valence-electron chi connectivity index (χ4n) is 1.77. The summed E-state index contributed by atoms with van der Waals surface area (Å²) in [7, 11) is 1.38. The summed E-state index contributed by atoms with van der Waals surface area (Å²) < 4.78 is 5.07. The van der Waals surface area contributed by atoms with Gasteiger partial charge in [-0.1, -0.05) is 23.7 Å². The molecule has 0 spiro atoms. The molecule has 0 radical (unpaired) electrons. The minimum absolute atomic E-state index is 0.361. The van der Waals surface area contributed by atoms with Crippen LogP contribution >= 0.6 is 22.9 Å². The Labute approximate surface area is 147 Å². The molecule has 6 nitrogen and oxygen atoms in total. The Morgan fingerprint density at radius 3 is 2.42 bits per heavy atom. The summed E-state index contributed by atoms with van der Waals surface area (Å²) in [6, 6.07) is 9.98. The van der Waals surface area contributed by atoms with Crippen molar-refractivity contribution in [1.29, 1.82) is 0 Å². The van der Waals surface area contributed by atoms with Crippen LogP contribution in [0.1, 0.15) is 16.6 Å². The number of hydrogen-bond acceptors (Lipinski definition) is 5. The molecule has 3 amide bonds. The van der Waals surface area contributed by atoms with Crippen molar-refractivity contribution in [1.82, 2.24) is 10.6 Å². The molecule has 8 heteroatoms. The van der Waals surface area contributed by atoms with Crippen molar-refractivity contribution < 1.29 is 19.1 Å². The van der Waals surface area contributed by atoms with Crippen LogP contribution < -0.4 is 10.6 Å². The van der Waals surface area contributed by atoms with Gasteiger partial charge in [-0.2, -0.15) is 0 Å². The number of amides is 3. The number of hydrogen-bond donors (Lipinski definition) is 2. The van der Waals surface area contributed by atoms with Gasteiger partial charge in [-0.25, -0.2) is 9.59 Å². The average molecular weight is 367 g/mol. The van der Waals surface area contributed by atoms with Crippen LogP contribution in [-0.2, 0) is 9.53 Å². The molecule has 2 N–H and O–H groups in total. The summed E-state index contributed by atoms with van der Waals surface area (Å²) in [5.74, 6) is -1.32. The van der Waals surface area contributed by atoms with Gasteiger partial charge in [0.2, 0.25) is 0 Å². The van der Waals surface area contributed by atoms with E-state index >= 15 is 0 Å². The Morgan fingerprint density at radius 2 is 1.79 bits per heavy atom. The fourth-order valence-corrected chi connectivity index (χ4v) is 2.79. The first-order valence-electron chi connectivity index (χ1n) is 7.00. The number of benzene rings is 1. The molecular formula is C16H15ClN2O4S. The van der Waals surface area contributed by atoms with Crippen LogP contribution in [0.4, 0.5) is 4.79 Å². The molecule has 0 aliphatic carbocycles. The van der Waals surface area contributed by atoms with Crippen LogP contribution in [0.3, 0.4) is 0 Å². The Bertz CT molecular complexity index is 758. The number of esters is 1. The molecule has 24 heavy (non-hydrogen) atoms. The van der Waals surface area contributed by atoms with Crippen molar-refractivity contribution in [3.63, 3.8) is 0 Å². The van der Waals surface area contributed by atoms with E-state index in [1.807, 2.05) is 17.4 Å². The van der Waals surface area contributed by atoms with Gasteiger partial charge in [-0.15, -0.1) is 11.3 Å². The Kier molecular flexibility index (Phi) is 5.94. The van der Waals surface area contributed by atoms with Crippen LogP contribution in [0, 0.1) is 0 Å². The average Bonchev–Trinajstić information content (AvgIpc) is 3.05. The summed E-state index contributed by atoms with van der Waals surface area (Å²) >= 11 is 7.09. The molecule has 2 rings (SSSR count). The molecular weight excluding hydrogens is 352 g/mol. The number of halogens is 1. The van der Waals surface area contributed by atoms with Crippen LogP contribution in [0.25, 0.3) is 10.4 Å². The minimum atomic E-state index is -1.09. The zero-order valence-corrected chi connectivity index (χ0v) is 14.5. The molecule has 0 saturated carbocycles. The molecule has 0 aliphatic rings. The van der Waals surface area contributed by atoms with E-state index < -0.39 is 24.0 Å². The SMILES string of the molecule is CNC(=O)NC(=O)[C@@H](C)OC(=O)c1ccc(-c2ccc(Cl)cc2)s1. The van der Waals surface area contributed by atoms with Gasteiger partial charge in [0.05, 0.1) is 0 Å². The van der Waals surface area contributed by atoms with Crippen LogP contribution in [0.5, 0.6) is 0 Å². The lowest BCUT2D eigenvalue weighted by molar-refractivity contribution is -0.127. The fraction of sp³-hybridized carbons (Fsp3) is 0.188. The first-order chi connectivity index (χ1) is 11.4. The molecule has 0 bridgehead atoms. The monoisotopic (exact) mass is 366 g/mol. The zero-order valence-electron chi connectivity index (χ0n) is 13.0. The maximum atomic E-state index is 12.1. The third-order valence-electron chi connectivity index (χ3n) is 3.05. The van der Waals surface area contributed by atoms with E-state index in [0.717, 1.165) is 10.4 Å². The summed E-state index contributed by atoms with van der Waals surface area (Å²) in [6.45, 7) is 1.39. The lowest BCUT2D eigenvalue weighted by atomic mass is 10.2. The van der Waals surface area contributed by atoms with Gasteiger partial charge < -0.3 is 10.1 Å². The quantitative estimate of drug-likeness (QED) is 0.814. The molecule has 0 aliphatic heterocycles. The number of rotatable bonds is 4. The minimum Gasteiger partial charge on any atom is -0.448 e.